The summed E-state index contributed by atoms with van der Waals surface area (Å²) in [5, 5.41) is 147. The molecule has 4 saturated heterocycles. The minimum atomic E-state index is -1.95. The molecule has 67 heavy (non-hydrogen) atoms. The summed E-state index contributed by atoms with van der Waals surface area (Å²) >= 11 is 0. The van der Waals surface area contributed by atoms with Crippen LogP contribution in [0, 0.1) is 28.1 Å². The molecular weight excluding hydrogens is 896 g/mol. The van der Waals surface area contributed by atoms with Crippen LogP contribution < -0.4 is 0 Å². The van der Waals surface area contributed by atoms with Gasteiger partial charge in [-0.3, -0.25) is 4.79 Å². The van der Waals surface area contributed by atoms with Crippen molar-refractivity contribution in [2.75, 3.05) is 26.4 Å². The molecular formula is C44H70O23. The average Bonchev–Trinajstić information content (AvgIpc) is 3.50. The second-order valence-electron chi connectivity index (χ2n) is 20.8. The molecule has 8 fully saturated rings. The molecule has 384 valence electrons. The van der Waals surface area contributed by atoms with Crippen molar-refractivity contribution < 1.29 is 114 Å². The third-order valence-electron chi connectivity index (χ3n) is 17.1. The van der Waals surface area contributed by atoms with E-state index in [9.17, 15) is 76.3 Å². The molecule has 26 atom stereocenters. The Labute approximate surface area is 386 Å². The largest absolute Gasteiger partial charge is 0.432 e. The van der Waals surface area contributed by atoms with E-state index in [4.69, 9.17) is 37.9 Å². The zero-order valence-electron chi connectivity index (χ0n) is 37.5. The van der Waals surface area contributed by atoms with Gasteiger partial charge >= 0.3 is 5.97 Å². The van der Waals surface area contributed by atoms with Crippen molar-refractivity contribution in [3.63, 3.8) is 0 Å². The minimum Gasteiger partial charge on any atom is -0.432 e. The Morgan fingerprint density at radius 3 is 1.72 bits per heavy atom. The smallest absolute Gasteiger partial charge is 0.314 e. The Kier molecular flexibility index (Phi) is 15.0. The molecule has 14 N–H and O–H groups in total. The monoisotopic (exact) mass is 966 g/mol. The van der Waals surface area contributed by atoms with E-state index in [0.717, 1.165) is 12.0 Å². The molecule has 4 saturated carbocycles. The van der Waals surface area contributed by atoms with E-state index in [1.807, 2.05) is 6.92 Å². The number of carbonyl (C=O) groups excluding carboxylic acids is 1. The fourth-order valence-electron chi connectivity index (χ4n) is 13.4. The van der Waals surface area contributed by atoms with Gasteiger partial charge in [0.15, 0.2) is 18.9 Å². The highest BCUT2D eigenvalue weighted by atomic mass is 16.8. The topological polar surface area (TPSA) is 374 Å². The third-order valence-corrected chi connectivity index (χ3v) is 17.1. The van der Waals surface area contributed by atoms with Crippen molar-refractivity contribution in [2.24, 2.45) is 28.1 Å². The van der Waals surface area contributed by atoms with E-state index in [1.165, 1.54) is 0 Å². The molecule has 0 aromatic rings. The maximum atomic E-state index is 14.2. The van der Waals surface area contributed by atoms with Crippen molar-refractivity contribution in [2.45, 2.75) is 200 Å². The highest BCUT2D eigenvalue weighted by Crippen LogP contribution is 2.73. The van der Waals surface area contributed by atoms with E-state index < -0.39 is 172 Å². The second-order valence-corrected chi connectivity index (χ2v) is 20.8. The molecule has 1 spiro atoms. The summed E-state index contributed by atoms with van der Waals surface area (Å²) in [6.07, 6.45) is -28.0. The van der Waals surface area contributed by atoms with Crippen LogP contribution in [0.5, 0.6) is 0 Å². The zero-order chi connectivity index (χ0) is 48.7. The van der Waals surface area contributed by atoms with Gasteiger partial charge in [-0.25, -0.2) is 0 Å². The lowest BCUT2D eigenvalue weighted by molar-refractivity contribution is -0.381. The van der Waals surface area contributed by atoms with Gasteiger partial charge in [0.2, 0.25) is 6.29 Å². The standard InChI is InChI=1S/C44H70O23/c1-17-11-43-9-5-22-41(2,7-4-8-42(22,3)40(59)66-38-34(58)29(53)25(49)19(13-46)62-38)23(43)6-10-44(17,16-43)67-39-35(31(55)26(50)20(14-47)63-39)65-37-33(57)30(54)27(51)21(64-37)15-60-36-32(56)28(52)24(48)18(12-45)61-36/h18-39,45-58H,1,4-16H2,2-3H3/t18-,19-,20-,21-,22+,23+,24-,25-,26-,27-,28+,29+,30+,31+,32-,33-,34-,35-,36+,37+,38+,39+,41-,42-,43-,44+/m1/s1. The lowest BCUT2D eigenvalue weighted by Gasteiger charge is -2.64. The van der Waals surface area contributed by atoms with Crippen molar-refractivity contribution >= 4 is 5.97 Å². The molecule has 23 nitrogen and oxygen atoms in total. The van der Waals surface area contributed by atoms with E-state index in [2.05, 4.69) is 13.5 Å². The lowest BCUT2D eigenvalue weighted by atomic mass is 9.41. The number of esters is 1. The van der Waals surface area contributed by atoms with E-state index >= 15 is 0 Å². The molecule has 4 heterocycles. The molecule has 2 bridgehead atoms. The molecule has 0 amide bonds. The van der Waals surface area contributed by atoms with Gasteiger partial charge in [-0.2, -0.15) is 0 Å². The number of ether oxygens (including phenoxy) is 8. The van der Waals surface area contributed by atoms with Crippen molar-refractivity contribution in [1.82, 2.24) is 0 Å². The summed E-state index contributed by atoms with van der Waals surface area (Å²) in [7, 11) is 0. The Balaban J connectivity index is 0.979. The molecule has 0 aromatic carbocycles. The average molecular weight is 967 g/mol. The van der Waals surface area contributed by atoms with Gasteiger partial charge in [0.05, 0.1) is 37.4 Å². The summed E-state index contributed by atoms with van der Waals surface area (Å²) < 4.78 is 47.1. The van der Waals surface area contributed by atoms with Crippen LogP contribution in [-0.4, -0.2) is 232 Å². The Morgan fingerprint density at radius 1 is 0.597 bits per heavy atom. The quantitative estimate of drug-likeness (QED) is 0.0494. The summed E-state index contributed by atoms with van der Waals surface area (Å²) in [5.74, 6) is -0.728. The summed E-state index contributed by atoms with van der Waals surface area (Å²) in [6.45, 7) is 5.72. The number of rotatable bonds is 12. The maximum absolute atomic E-state index is 14.2. The van der Waals surface area contributed by atoms with Crippen LogP contribution in [0.2, 0.25) is 0 Å². The number of fused-ring (bicyclic) bond motifs is 3. The van der Waals surface area contributed by atoms with Crippen molar-refractivity contribution in [3.8, 4) is 0 Å². The van der Waals surface area contributed by atoms with E-state index in [0.29, 0.717) is 51.4 Å². The second kappa shape index (κ2) is 19.4. The van der Waals surface area contributed by atoms with E-state index in [-0.39, 0.29) is 17.3 Å². The molecule has 4 aliphatic carbocycles. The van der Waals surface area contributed by atoms with Gasteiger partial charge in [0.1, 0.15) is 97.7 Å². The first-order chi connectivity index (χ1) is 31.6. The van der Waals surface area contributed by atoms with Gasteiger partial charge in [0, 0.05) is 0 Å². The molecule has 0 unspecified atom stereocenters. The van der Waals surface area contributed by atoms with Crippen molar-refractivity contribution in [1.29, 1.82) is 0 Å². The number of hydrogen-bond acceptors (Lipinski definition) is 23. The maximum Gasteiger partial charge on any atom is 0.314 e. The highest BCUT2D eigenvalue weighted by molar-refractivity contribution is 5.77. The zero-order valence-corrected chi connectivity index (χ0v) is 37.5. The molecule has 8 aliphatic rings. The van der Waals surface area contributed by atoms with Crippen LogP contribution >= 0.6 is 0 Å². The number of aliphatic hydroxyl groups is 14. The summed E-state index contributed by atoms with van der Waals surface area (Å²) in [5.41, 5.74) is -2.12. The lowest BCUT2D eigenvalue weighted by Crippen LogP contribution is -2.66. The summed E-state index contributed by atoms with van der Waals surface area (Å²) in [4.78, 5) is 14.2. The minimum absolute atomic E-state index is 0.0622. The van der Waals surface area contributed by atoms with Crippen LogP contribution in [0.4, 0.5) is 0 Å². The molecule has 0 radical (unpaired) electrons. The van der Waals surface area contributed by atoms with Gasteiger partial charge < -0.3 is 109 Å². The first kappa shape index (κ1) is 51.7. The van der Waals surface area contributed by atoms with Gasteiger partial charge in [-0.05, 0) is 86.5 Å². The SMILES string of the molecule is C=C1C[C@@]23CC[C@H]4[C@@](C)(CCC[C@@]4(C)C(=O)O[C@@H]4O[C@H](CO)[C@@H](O)[C@H](O)[C@H]4O)[C@@H]2CC[C@]1(O[C@@H]1O[C@H](CO)[C@@H](O)[C@H](O)[C@H]1O[C@@H]1O[C@H](CO[C@H]2O[C@H](CO)[C@@H](O)[C@H](O)[C@H]2O)[C@@H](O)[C@H](O)[C@H]1O)C3. The molecule has 8 rings (SSSR count). The van der Waals surface area contributed by atoms with Crippen molar-refractivity contribution in [3.05, 3.63) is 12.2 Å². The molecule has 0 aromatic heterocycles. The number of carbonyl (C=O) groups is 1. The Bertz CT molecular complexity index is 1760. The van der Waals surface area contributed by atoms with Crippen LogP contribution in [0.15, 0.2) is 12.2 Å². The molecule has 23 heteroatoms. The molecule has 4 aliphatic heterocycles. The van der Waals surface area contributed by atoms with Gasteiger partial charge in [-0.1, -0.05) is 19.9 Å². The van der Waals surface area contributed by atoms with Gasteiger partial charge in [-0.15, -0.1) is 0 Å². The van der Waals surface area contributed by atoms with Crippen LogP contribution in [0.3, 0.4) is 0 Å². The Morgan fingerprint density at radius 2 is 1.10 bits per heavy atom. The summed E-state index contributed by atoms with van der Waals surface area (Å²) in [6, 6.07) is 0. The van der Waals surface area contributed by atoms with Crippen LogP contribution in [0.25, 0.3) is 0 Å². The third kappa shape index (κ3) is 8.73. The first-order valence-electron chi connectivity index (χ1n) is 23.4. The predicted molar refractivity (Wildman–Crippen MR) is 219 cm³/mol. The van der Waals surface area contributed by atoms with Gasteiger partial charge in [0.25, 0.3) is 0 Å². The van der Waals surface area contributed by atoms with Crippen LogP contribution in [0.1, 0.15) is 71.6 Å². The van der Waals surface area contributed by atoms with Crippen LogP contribution in [-0.2, 0) is 42.7 Å². The number of aliphatic hydroxyl groups excluding tert-OH is 14. The predicted octanol–water partition coefficient (Wildman–Crippen LogP) is -5.11. The fourth-order valence-corrected chi connectivity index (χ4v) is 13.4. The van der Waals surface area contributed by atoms with E-state index in [1.54, 1.807) is 0 Å². The first-order valence-corrected chi connectivity index (χ1v) is 23.4. The Hall–Kier alpha value is -1.63. The number of hydrogen-bond donors (Lipinski definition) is 14. The highest BCUT2D eigenvalue weighted by Gasteiger charge is 2.69. The normalized spacial score (nSPS) is 54.5. The fraction of sp³-hybridized carbons (Fsp3) is 0.932.